The number of aromatic nitrogens is 6. The Morgan fingerprint density at radius 3 is 1.16 bits per heavy atom. The molecule has 0 fully saturated rings. The molecule has 2 radical (unpaired) electrons. The number of benzene rings is 9. The van der Waals surface area contributed by atoms with Gasteiger partial charge in [0.1, 0.15) is 29.0 Å². The topological polar surface area (TPSA) is 279 Å². The summed E-state index contributed by atoms with van der Waals surface area (Å²) >= 11 is -0.826. The molecule has 24 heteroatoms. The molecule has 3 heterocycles. The molecule has 0 aliphatic heterocycles. The second-order valence-corrected chi connectivity index (χ2v) is 25.9. The van der Waals surface area contributed by atoms with Crippen molar-refractivity contribution in [2.24, 2.45) is 0 Å². The van der Waals surface area contributed by atoms with E-state index in [2.05, 4.69) is 14.7 Å². The molecule has 9 aromatic carbocycles. The van der Waals surface area contributed by atoms with Crippen molar-refractivity contribution in [2.45, 2.75) is 7.43 Å². The molecule has 482 valence electrons. The van der Waals surface area contributed by atoms with Crippen LogP contribution in [0.15, 0.2) is 233 Å². The summed E-state index contributed by atoms with van der Waals surface area (Å²) in [4.78, 5) is 64.7. The molecule has 0 atom stereocenters. The summed E-state index contributed by atoms with van der Waals surface area (Å²) in [6.07, 6.45) is 11.3. The van der Waals surface area contributed by atoms with Crippen molar-refractivity contribution in [1.29, 1.82) is 0 Å². The quantitative estimate of drug-likeness (QED) is 0.0418. The molecule has 0 bridgehead atoms. The van der Waals surface area contributed by atoms with Crippen LogP contribution in [0.4, 0.5) is 17.1 Å². The first-order chi connectivity index (χ1) is 45.1. The van der Waals surface area contributed by atoms with Crippen molar-refractivity contribution in [3.8, 4) is 34.3 Å². The normalized spacial score (nSPS) is 10.9. The number of nitro benzene ring substituents is 1. The van der Waals surface area contributed by atoms with E-state index in [-0.39, 0.29) is 41.0 Å². The van der Waals surface area contributed by atoms with E-state index in [0.717, 1.165) is 17.5 Å². The Kier molecular flexibility index (Phi) is 25.5. The maximum absolute atomic E-state index is 13.3. The third-order valence-corrected chi connectivity index (χ3v) is 14.6. The van der Waals surface area contributed by atoms with Crippen LogP contribution in [-0.4, -0.2) is 93.9 Å². The molecule has 3 aromatic heterocycles. The van der Waals surface area contributed by atoms with Crippen molar-refractivity contribution in [1.82, 2.24) is 28.7 Å². The van der Waals surface area contributed by atoms with Crippen molar-refractivity contribution in [3.63, 3.8) is 0 Å². The zero-order chi connectivity index (χ0) is 66.0. The van der Waals surface area contributed by atoms with E-state index in [0.29, 0.717) is 95.6 Å². The van der Waals surface area contributed by atoms with E-state index in [1.54, 1.807) is 121 Å². The fraction of sp³-hybridized carbons (Fsp3) is 0.0704. The van der Waals surface area contributed by atoms with Gasteiger partial charge in [0.05, 0.1) is 99.2 Å². The minimum absolute atomic E-state index is 0. The molecule has 95 heavy (non-hydrogen) atoms. The van der Waals surface area contributed by atoms with Gasteiger partial charge >= 0.3 is 42.4 Å². The average molecular weight is 1440 g/mol. The molecular formula is C71H63Cl2N9O11SSn. The number of fused-ring (bicyclic) bond motifs is 3. The van der Waals surface area contributed by atoms with Crippen LogP contribution in [0, 0.1) is 10.1 Å². The Labute approximate surface area is 564 Å². The predicted molar refractivity (Wildman–Crippen MR) is 385 cm³/mol. The predicted octanol–water partition coefficient (Wildman–Crippen LogP) is 13.4. The number of nitrogens with one attached hydrogen (secondary N) is 1. The minimum atomic E-state index is -3.54. The number of nitrogens with zero attached hydrogens (tertiary/aromatic N) is 7. The molecule has 0 spiro atoms. The number of anilines is 2. The number of nitro groups is 1. The second kappa shape index (κ2) is 33.8. The number of halogens is 2. The fourth-order valence-electron chi connectivity index (χ4n) is 9.83. The number of sulfonamides is 1. The second-order valence-electron chi connectivity index (χ2n) is 19.9. The standard InChI is InChI=1S/C24H21N3O4S.C23H17N3O4.C23H19N3O2.CH4.2ClH.H2O.Sn/c1-31-21-14-8-9-17(23(21)26-32(2,29)30)15-16-22-25-20-13-7-6-12-19(20)24(28)27(22)18-10-4-3-5-11-18;1-30-20-13-7-8-16(22(20)26(28)29)14-15-21-24-19-12-6-5-11-18(19)23(27)25(21)17-9-3-2-4-10-17;1-28-20-13-7-8-16(22(20)24)14-15-21-25-19-12-6-5-11-18(19)23(27)26(21)17-9-3-2-4-10-17;;;;;/h3-16,26H,1-2H3;2-15H,1H3;2-15H,24H2,1H3;1H4;2*1H;1H2;/q;;;;;;;+2/p-2/b16-15+;2*15-14+;;;;;. The van der Waals surface area contributed by atoms with Crippen LogP contribution in [0.25, 0.3) is 86.2 Å². The van der Waals surface area contributed by atoms with Crippen molar-refractivity contribution >= 4 is 133 Å². The Bertz CT molecular complexity index is 5080. The first kappa shape index (κ1) is 71.7. The Balaban J connectivity index is 0.000000195. The first-order valence-electron chi connectivity index (χ1n) is 28.2. The van der Waals surface area contributed by atoms with Crippen LogP contribution in [0.3, 0.4) is 0 Å². The zero-order valence-electron chi connectivity index (χ0n) is 50.7. The number of para-hydroxylation sites is 9. The molecule has 0 aliphatic rings. The first-order valence-corrected chi connectivity index (χ1v) is 37.3. The van der Waals surface area contributed by atoms with E-state index in [4.69, 9.17) is 42.8 Å². The van der Waals surface area contributed by atoms with Gasteiger partial charge in [-0.2, -0.15) is 0 Å². The van der Waals surface area contributed by atoms with Crippen LogP contribution in [0.2, 0.25) is 0 Å². The third-order valence-electron chi connectivity index (χ3n) is 14.0. The molecule has 5 N–H and O–H groups in total. The van der Waals surface area contributed by atoms with Crippen molar-refractivity contribution in [3.05, 3.63) is 294 Å². The van der Waals surface area contributed by atoms with Gasteiger partial charge in [0, 0.05) is 11.1 Å². The van der Waals surface area contributed by atoms with Gasteiger partial charge in [-0.15, -0.1) is 0 Å². The number of ether oxygens (including phenoxy) is 3. The van der Waals surface area contributed by atoms with Gasteiger partial charge in [-0.1, -0.05) is 129 Å². The SMILES string of the molecule is C.COc1cccc(/C=C/c2nc3ccccc3c(=O)n2-c2ccccc2)c1N.COc1cccc(/C=C/c2nc3ccccc3c(=O)n2-c2ccccc2)c1NS(C)(=O)=O.COc1cccc(/C=C/c2nc3ccccc3c(=O)n2-c2ccccc2)c1[N+](=O)[O-].O.[Cl][Sn][Cl]. The molecule has 0 saturated carbocycles. The van der Waals surface area contributed by atoms with Crippen LogP contribution in [-0.2, 0) is 10.0 Å². The maximum atomic E-state index is 13.3. The summed E-state index contributed by atoms with van der Waals surface area (Å²) in [7, 11) is 10.8. The molecule has 0 unspecified atom stereocenters. The molecule has 0 aliphatic carbocycles. The van der Waals surface area contributed by atoms with Gasteiger partial charge in [0.25, 0.3) is 16.7 Å². The molecule has 12 aromatic rings. The van der Waals surface area contributed by atoms with Gasteiger partial charge in [0.15, 0.2) is 5.75 Å². The monoisotopic (exact) mass is 1440 g/mol. The number of hydrogen-bond donors (Lipinski definition) is 2. The molecular weight excluding hydrogens is 1380 g/mol. The zero-order valence-corrected chi connectivity index (χ0v) is 55.9. The van der Waals surface area contributed by atoms with Gasteiger partial charge in [-0.3, -0.25) is 42.9 Å². The number of hydrogen-bond acceptors (Lipinski definition) is 14. The Hall–Kier alpha value is -10.7. The Morgan fingerprint density at radius 2 is 0.789 bits per heavy atom. The van der Waals surface area contributed by atoms with Gasteiger partial charge in [0.2, 0.25) is 10.0 Å². The summed E-state index contributed by atoms with van der Waals surface area (Å²) in [5, 5.41) is 13.1. The average Bonchev–Trinajstić information content (AvgIpc) is 0.808. The van der Waals surface area contributed by atoms with Gasteiger partial charge < -0.3 is 25.4 Å². The van der Waals surface area contributed by atoms with Crippen LogP contribution >= 0.6 is 17.8 Å². The van der Waals surface area contributed by atoms with E-state index in [1.165, 1.54) is 29.4 Å². The number of rotatable bonds is 15. The summed E-state index contributed by atoms with van der Waals surface area (Å²) in [5.74, 6) is 2.44. The summed E-state index contributed by atoms with van der Waals surface area (Å²) in [5.41, 5.74) is 11.9. The van der Waals surface area contributed by atoms with Crippen LogP contribution in [0.1, 0.15) is 41.6 Å². The van der Waals surface area contributed by atoms with E-state index in [9.17, 15) is 32.9 Å². The van der Waals surface area contributed by atoms with E-state index >= 15 is 0 Å². The third kappa shape index (κ3) is 17.3. The van der Waals surface area contributed by atoms with E-state index < -0.39 is 33.8 Å². The van der Waals surface area contributed by atoms with Crippen LogP contribution in [0.5, 0.6) is 17.2 Å². The van der Waals surface area contributed by atoms with Crippen molar-refractivity contribution in [2.75, 3.05) is 38.0 Å². The van der Waals surface area contributed by atoms with Gasteiger partial charge in [-0.25, -0.2) is 23.4 Å². The Morgan fingerprint density at radius 1 is 0.474 bits per heavy atom. The molecule has 12 rings (SSSR count). The number of nitrogens with two attached hydrogens (primary N) is 1. The van der Waals surface area contributed by atoms with Crippen molar-refractivity contribution < 1.29 is 33.0 Å². The number of methoxy groups -OCH3 is 3. The summed E-state index contributed by atoms with van der Waals surface area (Å²) in [6, 6.07) is 65.0. The fourth-order valence-corrected chi connectivity index (χ4v) is 10.4. The van der Waals surface area contributed by atoms with Crippen LogP contribution < -0.4 is 41.3 Å². The summed E-state index contributed by atoms with van der Waals surface area (Å²) in [6.45, 7) is 0. The van der Waals surface area contributed by atoms with Gasteiger partial charge in [-0.05, 0) is 134 Å². The summed E-state index contributed by atoms with van der Waals surface area (Å²) < 4.78 is 46.6. The van der Waals surface area contributed by atoms with E-state index in [1.807, 2.05) is 140 Å². The molecule has 0 amide bonds. The molecule has 0 saturated heterocycles. The number of nitrogen functional groups attached to an aromatic ring is 1. The molecule has 20 nitrogen and oxygen atoms in total.